The number of nitrogens with zero attached hydrogens (tertiary/aromatic N) is 2. The predicted octanol–water partition coefficient (Wildman–Crippen LogP) is 4.14. The van der Waals surface area contributed by atoms with Crippen molar-refractivity contribution in [2.75, 3.05) is 10.6 Å². The topological polar surface area (TPSA) is 93.1 Å². The molecule has 1 aromatic carbocycles. The van der Waals surface area contributed by atoms with Crippen LogP contribution in [-0.4, -0.2) is 27.5 Å². The summed E-state index contributed by atoms with van der Waals surface area (Å²) in [5.41, 5.74) is 1.76. The van der Waals surface area contributed by atoms with Crippen molar-refractivity contribution in [3.63, 3.8) is 0 Å². The molecule has 7 nitrogen and oxygen atoms in total. The highest BCUT2D eigenvalue weighted by atomic mass is 35.5. The minimum atomic E-state index is -1.25. The van der Waals surface area contributed by atoms with Crippen LogP contribution in [0.5, 0.6) is 0 Å². The fourth-order valence-corrected chi connectivity index (χ4v) is 4.14. The first-order valence-corrected chi connectivity index (χ1v) is 10.9. The van der Waals surface area contributed by atoms with Gasteiger partial charge in [0.25, 0.3) is 5.56 Å². The van der Waals surface area contributed by atoms with Crippen LogP contribution < -0.4 is 16.2 Å². The Morgan fingerprint density at radius 3 is 2.42 bits per heavy atom. The highest BCUT2D eigenvalue weighted by Crippen LogP contribution is 2.36. The Hall–Kier alpha value is -3.52. The Morgan fingerprint density at radius 2 is 1.79 bits per heavy atom. The molecule has 0 saturated heterocycles. The van der Waals surface area contributed by atoms with Crippen molar-refractivity contribution in [2.24, 2.45) is 11.8 Å². The number of hydrogen-bond donors (Lipinski definition) is 2. The van der Waals surface area contributed by atoms with Gasteiger partial charge in [0.2, 0.25) is 11.8 Å². The summed E-state index contributed by atoms with van der Waals surface area (Å²) in [7, 11) is 0. The van der Waals surface area contributed by atoms with Gasteiger partial charge in [-0.3, -0.25) is 19.0 Å². The summed E-state index contributed by atoms with van der Waals surface area (Å²) in [5, 5.41) is 5.88. The first-order chi connectivity index (χ1) is 15.8. The number of alkyl halides is 1. The molecule has 2 heterocycles. The normalized spacial score (nSPS) is 19.8. The second-order valence-electron chi connectivity index (χ2n) is 8.03. The largest absolute Gasteiger partial charge is 0.326 e. The number of carbonyl (C=O) groups excluding carboxylic acids is 2. The molecule has 0 aliphatic heterocycles. The molecule has 3 atom stereocenters. The third kappa shape index (κ3) is 5.12. The quantitative estimate of drug-likeness (QED) is 0.588. The van der Waals surface area contributed by atoms with Crippen molar-refractivity contribution < 1.29 is 14.0 Å². The second kappa shape index (κ2) is 9.54. The van der Waals surface area contributed by atoms with Gasteiger partial charge in [0.15, 0.2) is 0 Å². The van der Waals surface area contributed by atoms with Gasteiger partial charge in [0.1, 0.15) is 12.0 Å². The summed E-state index contributed by atoms with van der Waals surface area (Å²) in [6.07, 6.45) is 1.74. The van der Waals surface area contributed by atoms with Gasteiger partial charge >= 0.3 is 0 Å². The molecule has 0 spiro atoms. The number of rotatable bonds is 5. The molecule has 3 aromatic rings. The maximum atomic E-state index is 14.2. The minimum absolute atomic E-state index is 0.0332. The van der Waals surface area contributed by atoms with E-state index in [0.717, 1.165) is 5.56 Å². The summed E-state index contributed by atoms with van der Waals surface area (Å²) in [6, 6.07) is 13.2. The Bertz CT molecular complexity index is 1240. The number of pyridine rings is 2. The monoisotopic (exact) mass is 468 g/mol. The summed E-state index contributed by atoms with van der Waals surface area (Å²) in [6.45, 7) is 1.80. The summed E-state index contributed by atoms with van der Waals surface area (Å²) >= 11 is 5.81. The number of aryl methyl sites for hydroxylation is 1. The number of benzene rings is 1. The van der Waals surface area contributed by atoms with Crippen molar-refractivity contribution in [2.45, 2.75) is 25.9 Å². The van der Waals surface area contributed by atoms with Gasteiger partial charge in [-0.2, -0.15) is 0 Å². The van der Waals surface area contributed by atoms with Crippen molar-refractivity contribution in [1.82, 2.24) is 9.55 Å². The van der Waals surface area contributed by atoms with Gasteiger partial charge < -0.3 is 10.6 Å². The van der Waals surface area contributed by atoms with Crippen LogP contribution in [0.2, 0.25) is 5.02 Å². The van der Waals surface area contributed by atoms with Gasteiger partial charge in [0.05, 0.1) is 16.9 Å². The molecule has 1 fully saturated rings. The zero-order chi connectivity index (χ0) is 23.5. The average Bonchev–Trinajstić information content (AvgIpc) is 3.19. The van der Waals surface area contributed by atoms with E-state index in [0.29, 0.717) is 16.4 Å². The van der Waals surface area contributed by atoms with Crippen molar-refractivity contribution in [1.29, 1.82) is 0 Å². The van der Waals surface area contributed by atoms with Crippen molar-refractivity contribution >= 4 is 34.9 Å². The molecule has 9 heteroatoms. The van der Waals surface area contributed by atoms with Gasteiger partial charge in [-0.25, -0.2) is 9.37 Å². The van der Waals surface area contributed by atoms with E-state index in [1.807, 2.05) is 0 Å². The maximum Gasteiger partial charge on any atom is 0.255 e. The fourth-order valence-electron chi connectivity index (χ4n) is 4.03. The summed E-state index contributed by atoms with van der Waals surface area (Å²) in [5.74, 6) is -2.23. The molecule has 0 radical (unpaired) electrons. The minimum Gasteiger partial charge on any atom is -0.326 e. The molecule has 0 unspecified atom stereocenters. The molecule has 2 amide bonds. The van der Waals surface area contributed by atoms with Crippen LogP contribution in [0.25, 0.3) is 5.69 Å². The van der Waals surface area contributed by atoms with E-state index in [1.165, 1.54) is 16.8 Å². The SMILES string of the molecule is Cc1cc(-n2ccccc2=O)ccc1NC(=O)[C@H]1C[C@@H](F)C[C@@H]1C(=O)Nc1ccc(Cl)cn1. The molecular formula is C24H22ClFN4O3. The number of nitrogens with one attached hydrogen (secondary N) is 2. The van der Waals surface area contributed by atoms with E-state index < -0.39 is 29.8 Å². The highest BCUT2D eigenvalue weighted by Gasteiger charge is 2.43. The molecule has 170 valence electrons. The zero-order valence-corrected chi connectivity index (χ0v) is 18.6. The van der Waals surface area contributed by atoms with Gasteiger partial charge in [-0.1, -0.05) is 17.7 Å². The maximum absolute atomic E-state index is 14.2. The van der Waals surface area contributed by atoms with Crippen molar-refractivity contribution in [3.8, 4) is 5.69 Å². The molecular weight excluding hydrogens is 447 g/mol. The Kier molecular flexibility index (Phi) is 6.55. The number of halogens is 2. The molecule has 1 aliphatic rings. The molecule has 2 N–H and O–H groups in total. The molecule has 1 saturated carbocycles. The van der Waals surface area contributed by atoms with Crippen LogP contribution in [0.3, 0.4) is 0 Å². The second-order valence-corrected chi connectivity index (χ2v) is 8.47. The third-order valence-electron chi connectivity index (χ3n) is 5.73. The standard InChI is InChI=1S/C24H22ClFN4O3/c1-14-10-17(30-9-3-2-4-22(30)31)6-7-20(14)28-23(32)18-11-16(26)12-19(18)24(33)29-21-8-5-15(25)13-27-21/h2-10,13,16,18-19H,11-12H2,1H3,(H,28,32)(H,27,29,33)/t16-,18+,19+/m1/s1. The molecule has 0 bridgehead atoms. The smallest absolute Gasteiger partial charge is 0.255 e. The summed E-state index contributed by atoms with van der Waals surface area (Å²) in [4.78, 5) is 41.8. The van der Waals surface area contributed by atoms with E-state index in [9.17, 15) is 18.8 Å². The van der Waals surface area contributed by atoms with Crippen LogP contribution in [0.4, 0.5) is 15.9 Å². The number of carbonyl (C=O) groups is 2. The van der Waals surface area contributed by atoms with Gasteiger partial charge in [-0.15, -0.1) is 0 Å². The molecule has 4 rings (SSSR count). The van der Waals surface area contributed by atoms with E-state index in [2.05, 4.69) is 15.6 Å². The first-order valence-electron chi connectivity index (χ1n) is 10.5. The van der Waals surface area contributed by atoms with Crippen LogP contribution >= 0.6 is 11.6 Å². The lowest BCUT2D eigenvalue weighted by molar-refractivity contribution is -0.128. The van der Waals surface area contributed by atoms with Gasteiger partial charge in [0, 0.05) is 29.8 Å². The van der Waals surface area contributed by atoms with Crippen LogP contribution in [0, 0.1) is 18.8 Å². The zero-order valence-electron chi connectivity index (χ0n) is 17.8. The van der Waals surface area contributed by atoms with E-state index in [4.69, 9.17) is 11.6 Å². The predicted molar refractivity (Wildman–Crippen MR) is 124 cm³/mol. The molecule has 1 aliphatic carbocycles. The van der Waals surface area contributed by atoms with Crippen LogP contribution in [0.15, 0.2) is 65.7 Å². The Balaban J connectivity index is 1.48. The third-order valence-corrected chi connectivity index (χ3v) is 5.95. The lowest BCUT2D eigenvalue weighted by atomic mass is 9.94. The van der Waals surface area contributed by atoms with E-state index in [-0.39, 0.29) is 24.2 Å². The van der Waals surface area contributed by atoms with E-state index >= 15 is 0 Å². The fraction of sp³-hybridized carbons (Fsp3) is 0.250. The van der Waals surface area contributed by atoms with Crippen LogP contribution in [0.1, 0.15) is 18.4 Å². The highest BCUT2D eigenvalue weighted by molar-refractivity contribution is 6.30. The first kappa shape index (κ1) is 22.7. The van der Waals surface area contributed by atoms with Gasteiger partial charge in [-0.05, 0) is 61.7 Å². The number of aromatic nitrogens is 2. The number of anilines is 2. The van der Waals surface area contributed by atoms with Crippen molar-refractivity contribution in [3.05, 3.63) is 81.9 Å². The lowest BCUT2D eigenvalue weighted by Gasteiger charge is -2.19. The summed E-state index contributed by atoms with van der Waals surface area (Å²) < 4.78 is 15.7. The Labute approximate surface area is 194 Å². The lowest BCUT2D eigenvalue weighted by Crippen LogP contribution is -2.33. The van der Waals surface area contributed by atoms with Crippen LogP contribution in [-0.2, 0) is 9.59 Å². The van der Waals surface area contributed by atoms with E-state index in [1.54, 1.807) is 55.6 Å². The molecule has 33 heavy (non-hydrogen) atoms. The number of hydrogen-bond acceptors (Lipinski definition) is 4. The Morgan fingerprint density at radius 1 is 1.06 bits per heavy atom. The molecule has 2 aromatic heterocycles. The average molecular weight is 469 g/mol. The number of amides is 2.